The van der Waals surface area contributed by atoms with E-state index in [-0.39, 0.29) is 11.5 Å². The Labute approximate surface area is 226 Å². The predicted molar refractivity (Wildman–Crippen MR) is 149 cm³/mol. The maximum Gasteiger partial charge on any atom is 0.326 e. The number of esters is 2. The highest BCUT2D eigenvalue weighted by atomic mass is 28.4. The van der Waals surface area contributed by atoms with Crippen LogP contribution in [0.3, 0.4) is 0 Å². The van der Waals surface area contributed by atoms with Crippen LogP contribution in [-0.2, 0) is 25.5 Å². The van der Waals surface area contributed by atoms with Crippen LogP contribution in [0, 0.1) is 5.41 Å². The molecule has 1 fully saturated rings. The summed E-state index contributed by atoms with van der Waals surface area (Å²) in [6, 6.07) is 26.0. The van der Waals surface area contributed by atoms with Gasteiger partial charge in [-0.1, -0.05) is 93.6 Å². The number of methoxy groups -OCH3 is 1. The first-order valence-electron chi connectivity index (χ1n) is 12.8. The second-order valence-electron chi connectivity index (χ2n) is 11.4. The van der Waals surface area contributed by atoms with E-state index in [2.05, 4.69) is 45.0 Å². The summed E-state index contributed by atoms with van der Waals surface area (Å²) in [5.74, 6) is -1.53. The summed E-state index contributed by atoms with van der Waals surface area (Å²) < 4.78 is 24.0. The zero-order valence-electron chi connectivity index (χ0n) is 23.2. The molecule has 1 aliphatic heterocycles. The molecule has 4 rings (SSSR count). The van der Waals surface area contributed by atoms with Crippen LogP contribution in [0.15, 0.2) is 78.9 Å². The quantitative estimate of drug-likeness (QED) is 0.242. The highest BCUT2D eigenvalue weighted by Crippen LogP contribution is 2.44. The van der Waals surface area contributed by atoms with Crippen molar-refractivity contribution in [3.63, 3.8) is 0 Å². The monoisotopic (exact) mass is 532 g/mol. The summed E-state index contributed by atoms with van der Waals surface area (Å²) in [7, 11) is -1.44. The van der Waals surface area contributed by atoms with Crippen LogP contribution in [0.4, 0.5) is 0 Å². The average Bonchev–Trinajstić information content (AvgIpc) is 2.86. The maximum absolute atomic E-state index is 13.1. The van der Waals surface area contributed by atoms with Crippen molar-refractivity contribution in [2.75, 3.05) is 7.11 Å². The molecule has 1 aliphatic rings. The van der Waals surface area contributed by atoms with Crippen molar-refractivity contribution < 1.29 is 28.2 Å². The van der Waals surface area contributed by atoms with Crippen LogP contribution in [0.5, 0.6) is 11.5 Å². The third-order valence-electron chi connectivity index (χ3n) is 7.07. The summed E-state index contributed by atoms with van der Waals surface area (Å²) in [5, 5.41) is 1.89. The van der Waals surface area contributed by atoms with Gasteiger partial charge in [-0.05, 0) is 34.0 Å². The number of carbonyl (C=O) groups is 2. The van der Waals surface area contributed by atoms with E-state index in [9.17, 15) is 9.59 Å². The second kappa shape index (κ2) is 9.95. The Kier molecular flexibility index (Phi) is 7.19. The number of para-hydroxylation sites is 1. The van der Waals surface area contributed by atoms with Gasteiger partial charge in [-0.25, -0.2) is 0 Å². The highest BCUT2D eigenvalue weighted by Gasteiger charge is 2.55. The summed E-state index contributed by atoms with van der Waals surface area (Å²) >= 11 is 0. The minimum absolute atomic E-state index is 0.0332. The molecule has 38 heavy (non-hydrogen) atoms. The molecule has 0 aromatic heterocycles. The first-order valence-corrected chi connectivity index (χ1v) is 14.7. The Morgan fingerprint density at radius 2 is 1.26 bits per heavy atom. The van der Waals surface area contributed by atoms with E-state index in [1.54, 1.807) is 27.9 Å². The number of hydrogen-bond donors (Lipinski definition) is 0. The molecule has 7 heteroatoms. The molecule has 3 aromatic carbocycles. The molecular weight excluding hydrogens is 496 g/mol. The lowest BCUT2D eigenvalue weighted by atomic mass is 9.82. The first kappa shape index (κ1) is 27.5. The Morgan fingerprint density at radius 1 is 0.763 bits per heavy atom. The van der Waals surface area contributed by atoms with E-state index < -0.39 is 31.5 Å². The second-order valence-corrected chi connectivity index (χ2v) is 15.6. The normalized spacial score (nSPS) is 16.8. The molecular formula is C31H36O6Si. The lowest BCUT2D eigenvalue weighted by Crippen LogP contribution is -2.69. The minimum Gasteiger partial charge on any atom is -0.531 e. The van der Waals surface area contributed by atoms with Crippen LogP contribution in [-0.4, -0.2) is 33.2 Å². The zero-order chi connectivity index (χ0) is 27.8. The topological polar surface area (TPSA) is 71.1 Å². The van der Waals surface area contributed by atoms with Crippen molar-refractivity contribution in [1.82, 2.24) is 0 Å². The van der Waals surface area contributed by atoms with E-state index in [0.717, 1.165) is 10.4 Å². The molecule has 1 heterocycles. The van der Waals surface area contributed by atoms with E-state index in [4.69, 9.17) is 18.6 Å². The van der Waals surface area contributed by atoms with Gasteiger partial charge in [0.05, 0.1) is 7.11 Å². The fourth-order valence-corrected chi connectivity index (χ4v) is 9.55. The molecule has 0 bridgehead atoms. The Morgan fingerprint density at radius 3 is 1.71 bits per heavy atom. The molecule has 0 N–H and O–H groups in total. The van der Waals surface area contributed by atoms with Gasteiger partial charge in [-0.15, -0.1) is 0 Å². The van der Waals surface area contributed by atoms with Crippen molar-refractivity contribution in [1.29, 1.82) is 0 Å². The molecule has 0 amide bonds. The molecule has 0 saturated carbocycles. The number of hydrogen-bond acceptors (Lipinski definition) is 6. The molecule has 0 spiro atoms. The van der Waals surface area contributed by atoms with E-state index >= 15 is 0 Å². The minimum atomic E-state index is -3.03. The molecule has 0 radical (unpaired) electrons. The van der Waals surface area contributed by atoms with Crippen LogP contribution in [0.1, 0.15) is 47.1 Å². The Bertz CT molecular complexity index is 1250. The molecule has 1 saturated heterocycles. The van der Waals surface area contributed by atoms with Crippen LogP contribution in [0.2, 0.25) is 5.04 Å². The number of cyclic esters (lactones) is 2. The summed E-state index contributed by atoms with van der Waals surface area (Å²) in [6.45, 7) is 11.2. The Hall–Kier alpha value is -3.58. The van der Waals surface area contributed by atoms with Gasteiger partial charge in [0, 0.05) is 20.3 Å². The standard InChI is InChI=1S/C31H36O6Si/c1-29(2,3)38(23-16-10-8-11-17-23,24-18-12-9-13-19-24)37-26-22(15-14-20-25(26)34-7)21-31(6)27(32)35-30(4,5)36-28(31)33/h8-20H,21H2,1-7H3. The van der Waals surface area contributed by atoms with Gasteiger partial charge >= 0.3 is 20.3 Å². The van der Waals surface area contributed by atoms with Crippen LogP contribution in [0.25, 0.3) is 0 Å². The van der Waals surface area contributed by atoms with Crippen molar-refractivity contribution in [3.05, 3.63) is 84.4 Å². The fraction of sp³-hybridized carbons (Fsp3) is 0.355. The third-order valence-corrected chi connectivity index (χ3v) is 12.0. The van der Waals surface area contributed by atoms with Gasteiger partial charge in [-0.3, -0.25) is 9.59 Å². The van der Waals surface area contributed by atoms with Crippen molar-refractivity contribution >= 4 is 30.6 Å². The summed E-state index contributed by atoms with van der Waals surface area (Å²) in [5.41, 5.74) is -0.876. The largest absolute Gasteiger partial charge is 0.531 e. The molecule has 200 valence electrons. The molecule has 0 unspecified atom stereocenters. The molecule has 6 nitrogen and oxygen atoms in total. The summed E-state index contributed by atoms with van der Waals surface area (Å²) in [6.07, 6.45) is 0.0332. The van der Waals surface area contributed by atoms with Gasteiger partial charge in [0.1, 0.15) is 5.75 Å². The Balaban J connectivity index is 1.91. The third kappa shape index (κ3) is 4.83. The van der Waals surface area contributed by atoms with E-state index in [1.165, 1.54) is 0 Å². The lowest BCUT2D eigenvalue weighted by molar-refractivity contribution is -0.249. The lowest BCUT2D eigenvalue weighted by Gasteiger charge is -2.44. The van der Waals surface area contributed by atoms with Crippen LogP contribution >= 0.6 is 0 Å². The van der Waals surface area contributed by atoms with Crippen molar-refractivity contribution in [2.24, 2.45) is 5.41 Å². The molecule has 0 atom stereocenters. The predicted octanol–water partition coefficient (Wildman–Crippen LogP) is 5.02. The number of ether oxygens (including phenoxy) is 3. The number of benzene rings is 3. The smallest absolute Gasteiger partial charge is 0.326 e. The van der Waals surface area contributed by atoms with Crippen molar-refractivity contribution in [2.45, 2.75) is 58.8 Å². The van der Waals surface area contributed by atoms with Crippen molar-refractivity contribution in [3.8, 4) is 11.5 Å². The van der Waals surface area contributed by atoms with Gasteiger partial charge in [0.2, 0.25) is 0 Å². The van der Waals surface area contributed by atoms with Gasteiger partial charge in [0.25, 0.3) is 5.79 Å². The van der Waals surface area contributed by atoms with E-state index in [0.29, 0.717) is 17.1 Å². The first-order chi connectivity index (χ1) is 17.8. The SMILES string of the molecule is COc1cccc(CC2(C)C(=O)OC(C)(C)OC2=O)c1O[Si](c1ccccc1)(c1ccccc1)C(C)(C)C. The number of carbonyl (C=O) groups excluding carboxylic acids is 2. The van der Waals surface area contributed by atoms with E-state index in [1.807, 2.05) is 54.6 Å². The average molecular weight is 533 g/mol. The highest BCUT2D eigenvalue weighted by molar-refractivity contribution is 7.00. The van der Waals surface area contributed by atoms with Gasteiger partial charge < -0.3 is 18.6 Å². The summed E-state index contributed by atoms with van der Waals surface area (Å²) in [4.78, 5) is 26.2. The van der Waals surface area contributed by atoms with Crippen LogP contribution < -0.4 is 19.5 Å². The molecule has 3 aromatic rings. The van der Waals surface area contributed by atoms with Gasteiger partial charge in [-0.2, -0.15) is 0 Å². The van der Waals surface area contributed by atoms with Gasteiger partial charge in [0.15, 0.2) is 11.2 Å². The fourth-order valence-electron chi connectivity index (χ4n) is 5.08. The zero-order valence-corrected chi connectivity index (χ0v) is 24.2. The molecule has 0 aliphatic carbocycles. The maximum atomic E-state index is 13.1. The number of rotatable bonds is 7.